The summed E-state index contributed by atoms with van der Waals surface area (Å²) in [6.45, 7) is 1.83. The van der Waals surface area contributed by atoms with Crippen molar-refractivity contribution in [3.05, 3.63) is 75.5 Å². The first-order valence-corrected chi connectivity index (χ1v) is 14.8. The van der Waals surface area contributed by atoms with Crippen molar-refractivity contribution < 1.29 is 57.2 Å². The van der Waals surface area contributed by atoms with Crippen molar-refractivity contribution in [2.24, 2.45) is 29.1 Å². The van der Waals surface area contributed by atoms with Crippen LogP contribution in [-0.4, -0.2) is 84.0 Å². The highest BCUT2D eigenvalue weighted by atomic mass is 16.5. The highest BCUT2D eigenvalue weighted by molar-refractivity contribution is 6.19. The molecule has 7 rings (SSSR count). The number of nitrogens with zero attached hydrogens (tertiary/aromatic N) is 1. The quantitative estimate of drug-likeness (QED) is 0.240. The Hall–Kier alpha value is -5.20. The second-order valence-electron chi connectivity index (χ2n) is 11.8. The Labute approximate surface area is 269 Å². The van der Waals surface area contributed by atoms with Crippen LogP contribution in [0.2, 0.25) is 0 Å². The molecule has 1 spiro atoms. The van der Waals surface area contributed by atoms with Gasteiger partial charge in [0.15, 0.2) is 0 Å². The minimum absolute atomic E-state index is 0.219. The first-order chi connectivity index (χ1) is 22.5. The molecular weight excluding hydrogens is 614 g/mol. The van der Waals surface area contributed by atoms with E-state index in [-0.39, 0.29) is 22.8 Å². The number of fused-ring (bicyclic) bond motifs is 2. The molecule has 1 heterocycles. The average molecular weight is 648 g/mol. The van der Waals surface area contributed by atoms with E-state index in [9.17, 15) is 28.8 Å². The van der Waals surface area contributed by atoms with E-state index >= 15 is 0 Å². The van der Waals surface area contributed by atoms with E-state index in [4.69, 9.17) is 28.4 Å². The van der Waals surface area contributed by atoms with Crippen LogP contribution in [-0.2, 0) is 57.2 Å². The molecule has 246 valence electrons. The molecule has 13 heteroatoms. The van der Waals surface area contributed by atoms with Crippen molar-refractivity contribution >= 4 is 41.5 Å². The van der Waals surface area contributed by atoms with Crippen LogP contribution in [0.4, 0.5) is 5.69 Å². The summed E-state index contributed by atoms with van der Waals surface area (Å²) in [6, 6.07) is 6.70. The number of ether oxygens (including phenoxy) is 6. The molecule has 0 unspecified atom stereocenters. The van der Waals surface area contributed by atoms with E-state index in [0.29, 0.717) is 17.6 Å². The van der Waals surface area contributed by atoms with Gasteiger partial charge >= 0.3 is 35.8 Å². The van der Waals surface area contributed by atoms with Gasteiger partial charge in [-0.2, -0.15) is 0 Å². The number of rotatable bonds is 7. The number of carbonyl (C=O) groups excluding carboxylic acids is 6. The van der Waals surface area contributed by atoms with E-state index in [1.807, 2.05) is 19.1 Å². The normalized spacial score (nSPS) is 29.4. The maximum atomic E-state index is 14.9. The molecule has 0 fully saturated rings. The van der Waals surface area contributed by atoms with Gasteiger partial charge in [-0.3, -0.25) is 9.59 Å². The zero-order valence-corrected chi connectivity index (χ0v) is 26.8. The Kier molecular flexibility index (Phi) is 7.41. The maximum absolute atomic E-state index is 14.9. The third kappa shape index (κ3) is 3.59. The second kappa shape index (κ2) is 11.0. The Bertz CT molecular complexity index is 1780. The number of hydrogen-bond donors (Lipinski definition) is 0. The summed E-state index contributed by atoms with van der Waals surface area (Å²) in [5.41, 5.74) is -4.52. The van der Waals surface area contributed by atoms with Crippen molar-refractivity contribution in [1.82, 2.24) is 0 Å². The lowest BCUT2D eigenvalue weighted by molar-refractivity contribution is -0.173. The van der Waals surface area contributed by atoms with E-state index < -0.39 is 75.8 Å². The van der Waals surface area contributed by atoms with Crippen LogP contribution < -0.4 is 4.90 Å². The van der Waals surface area contributed by atoms with Gasteiger partial charge in [0.25, 0.3) is 0 Å². The first kappa shape index (κ1) is 31.8. The summed E-state index contributed by atoms with van der Waals surface area (Å²) >= 11 is 0. The number of methoxy groups -OCH3 is 6. The minimum atomic E-state index is -2.56. The molecule has 47 heavy (non-hydrogen) atoms. The summed E-state index contributed by atoms with van der Waals surface area (Å²) < 4.78 is 31.9. The van der Waals surface area contributed by atoms with Crippen LogP contribution in [0.15, 0.2) is 70.0 Å². The second-order valence-corrected chi connectivity index (χ2v) is 11.8. The van der Waals surface area contributed by atoms with Crippen LogP contribution in [0.1, 0.15) is 12.0 Å². The first-order valence-electron chi connectivity index (χ1n) is 14.8. The minimum Gasteiger partial charge on any atom is -0.469 e. The zero-order chi connectivity index (χ0) is 34.2. The SMILES string of the molecule is COC(=O)C1=C(C(=O)OC)[C@]23C4=C([C@H]1[C@@H](C(=O)OC)[C@@]2(C(=O)OC)C(C(=O)OC)=C(C(=O)OC)N3c1ccc(C)cc1)[C@H]1C=C[C@@H]4C1. The molecule has 0 saturated carbocycles. The maximum Gasteiger partial charge on any atom is 0.355 e. The monoisotopic (exact) mass is 647 g/mol. The molecule has 6 aliphatic rings. The number of benzene rings is 1. The molecule has 4 bridgehead atoms. The van der Waals surface area contributed by atoms with Gasteiger partial charge in [0.05, 0.1) is 65.3 Å². The number of allylic oxidation sites excluding steroid dienone is 3. The summed E-state index contributed by atoms with van der Waals surface area (Å²) in [4.78, 5) is 87.3. The smallest absolute Gasteiger partial charge is 0.355 e. The topological polar surface area (TPSA) is 161 Å². The molecule has 1 aromatic carbocycles. The number of aryl methyl sites for hydroxylation is 1. The lowest BCUT2D eigenvalue weighted by Crippen LogP contribution is -2.74. The molecule has 1 aromatic rings. The fraction of sp³-hybridized carbons (Fsp3) is 0.412. The Morgan fingerprint density at radius 1 is 0.702 bits per heavy atom. The van der Waals surface area contributed by atoms with E-state index in [0.717, 1.165) is 48.2 Å². The molecule has 1 aliphatic heterocycles. The molecule has 0 radical (unpaired) electrons. The number of anilines is 1. The fourth-order valence-corrected chi connectivity index (χ4v) is 8.86. The molecule has 6 atom stereocenters. The summed E-state index contributed by atoms with van der Waals surface area (Å²) in [7, 11) is 6.49. The molecular formula is C34H33NO12. The van der Waals surface area contributed by atoms with Gasteiger partial charge in [-0.1, -0.05) is 35.4 Å². The summed E-state index contributed by atoms with van der Waals surface area (Å²) in [5.74, 6) is -10.3. The van der Waals surface area contributed by atoms with Gasteiger partial charge in [0.1, 0.15) is 16.7 Å². The Balaban J connectivity index is 1.98. The van der Waals surface area contributed by atoms with Crippen molar-refractivity contribution in [1.29, 1.82) is 0 Å². The zero-order valence-electron chi connectivity index (χ0n) is 26.8. The van der Waals surface area contributed by atoms with E-state index in [1.54, 1.807) is 24.3 Å². The molecule has 13 nitrogen and oxygen atoms in total. The lowest BCUT2D eigenvalue weighted by Gasteiger charge is -2.62. The lowest BCUT2D eigenvalue weighted by atomic mass is 9.41. The summed E-state index contributed by atoms with van der Waals surface area (Å²) in [5, 5.41) is 0. The average Bonchev–Trinajstić information content (AvgIpc) is 3.80. The van der Waals surface area contributed by atoms with Gasteiger partial charge < -0.3 is 33.3 Å². The van der Waals surface area contributed by atoms with Gasteiger partial charge in [-0.15, -0.1) is 0 Å². The van der Waals surface area contributed by atoms with Gasteiger partial charge in [-0.25, -0.2) is 19.2 Å². The van der Waals surface area contributed by atoms with Crippen molar-refractivity contribution in [2.75, 3.05) is 47.6 Å². The van der Waals surface area contributed by atoms with Crippen LogP contribution in [0.5, 0.6) is 0 Å². The van der Waals surface area contributed by atoms with Crippen LogP contribution >= 0.6 is 0 Å². The number of hydrogen-bond acceptors (Lipinski definition) is 13. The molecule has 5 aliphatic carbocycles. The third-order valence-electron chi connectivity index (χ3n) is 10.2. The van der Waals surface area contributed by atoms with Crippen molar-refractivity contribution in [3.63, 3.8) is 0 Å². The Morgan fingerprint density at radius 2 is 1.28 bits per heavy atom. The van der Waals surface area contributed by atoms with Crippen molar-refractivity contribution in [3.8, 4) is 0 Å². The number of esters is 6. The largest absolute Gasteiger partial charge is 0.469 e. The molecule has 0 N–H and O–H groups in total. The van der Waals surface area contributed by atoms with Crippen LogP contribution in [0, 0.1) is 36.0 Å². The van der Waals surface area contributed by atoms with Gasteiger partial charge in [-0.05, 0) is 37.0 Å². The van der Waals surface area contributed by atoms with Crippen molar-refractivity contribution in [2.45, 2.75) is 18.9 Å². The highest BCUT2D eigenvalue weighted by Gasteiger charge is 2.86. The number of carbonyl (C=O) groups is 6. The van der Waals surface area contributed by atoms with Gasteiger partial charge in [0, 0.05) is 17.5 Å². The highest BCUT2D eigenvalue weighted by Crippen LogP contribution is 2.77. The molecule has 0 amide bonds. The van der Waals surface area contributed by atoms with E-state index in [1.165, 1.54) is 4.90 Å². The summed E-state index contributed by atoms with van der Waals surface area (Å²) in [6.07, 6.45) is 4.31. The fourth-order valence-electron chi connectivity index (χ4n) is 8.86. The van der Waals surface area contributed by atoms with Crippen LogP contribution in [0.3, 0.4) is 0 Å². The molecule has 0 aromatic heterocycles. The third-order valence-corrected chi connectivity index (χ3v) is 10.2. The van der Waals surface area contributed by atoms with E-state index in [2.05, 4.69) is 0 Å². The molecule has 0 saturated heterocycles. The van der Waals surface area contributed by atoms with Crippen LogP contribution in [0.25, 0.3) is 0 Å². The predicted molar refractivity (Wildman–Crippen MR) is 160 cm³/mol. The van der Waals surface area contributed by atoms with Gasteiger partial charge in [0.2, 0.25) is 0 Å². The standard InChI is InChI=1S/C34H33NO12/c1-15-8-12-18(13-9-15)35-26(31(40)46-6)25(30(39)45-5)33(32(41)47-7)23(28(37)43-3)20-19-16-10-11-17(14-16)22(19)34(33,35)24(29(38)44-4)21(20)27(36)42-2/h8-13,16-17,20,23H,14H2,1-7H3/t16-,17+,20+,23-,33-,34+/m0/s1. The Morgan fingerprint density at radius 3 is 1.83 bits per heavy atom. The predicted octanol–water partition coefficient (Wildman–Crippen LogP) is 1.89.